The molecule has 0 aromatic heterocycles. The van der Waals surface area contributed by atoms with Gasteiger partial charge in [0.15, 0.2) is 5.78 Å². The van der Waals surface area contributed by atoms with Gasteiger partial charge in [0.2, 0.25) is 0 Å². The summed E-state index contributed by atoms with van der Waals surface area (Å²) in [6.07, 6.45) is 13.2. The first-order chi connectivity index (χ1) is 13.6. The number of allylic oxidation sites excluding steroid dienone is 2. The molecule has 0 aromatic carbocycles. The highest BCUT2D eigenvalue weighted by Gasteiger charge is 2.64. The van der Waals surface area contributed by atoms with Gasteiger partial charge in [-0.3, -0.25) is 4.79 Å². The Labute approximate surface area is 179 Å². The summed E-state index contributed by atoms with van der Waals surface area (Å²) in [6.45, 7) is 15.1. The van der Waals surface area contributed by atoms with E-state index in [0.29, 0.717) is 22.0 Å². The molecule has 0 bridgehead atoms. The summed E-state index contributed by atoms with van der Waals surface area (Å²) >= 11 is 0. The number of hydrogen-bond donors (Lipinski definition) is 0. The Morgan fingerprint density at radius 3 is 2.28 bits per heavy atom. The van der Waals surface area contributed by atoms with E-state index in [4.69, 9.17) is 0 Å². The predicted octanol–water partition coefficient (Wildman–Crippen LogP) is 7.60. The molecule has 4 saturated carbocycles. The Balaban J connectivity index is 1.52. The van der Waals surface area contributed by atoms with E-state index in [1.54, 1.807) is 5.57 Å². The summed E-state index contributed by atoms with van der Waals surface area (Å²) in [5.74, 6) is 5.83. The van der Waals surface area contributed by atoms with Crippen molar-refractivity contribution < 1.29 is 4.79 Å². The lowest BCUT2D eigenvalue weighted by Gasteiger charge is -2.65. The van der Waals surface area contributed by atoms with E-state index >= 15 is 0 Å². The minimum absolute atomic E-state index is 0.308. The van der Waals surface area contributed by atoms with Crippen LogP contribution < -0.4 is 0 Å². The molecular formula is C28H44O. The van der Waals surface area contributed by atoms with Crippen LogP contribution in [0.15, 0.2) is 11.1 Å². The zero-order valence-electron chi connectivity index (χ0n) is 19.9. The van der Waals surface area contributed by atoms with E-state index in [0.717, 1.165) is 53.9 Å². The van der Waals surface area contributed by atoms with Crippen molar-refractivity contribution in [2.75, 3.05) is 0 Å². The maximum atomic E-state index is 12.4. The second-order valence-corrected chi connectivity index (χ2v) is 13.0. The van der Waals surface area contributed by atoms with Crippen molar-refractivity contribution >= 4 is 5.78 Å². The van der Waals surface area contributed by atoms with Crippen LogP contribution in [0.4, 0.5) is 0 Å². The van der Waals surface area contributed by atoms with Crippen molar-refractivity contribution in [1.82, 2.24) is 0 Å². The Kier molecular flexibility index (Phi) is 4.53. The maximum Gasteiger partial charge on any atom is 0.158 e. The molecule has 0 amide bonds. The molecule has 0 saturated heterocycles. The molecule has 0 radical (unpaired) electrons. The third-order valence-corrected chi connectivity index (χ3v) is 11.8. The highest BCUT2D eigenvalue weighted by molar-refractivity contribution is 5.96. The SMILES string of the molecule is CC1=C2CCC3C(CCC4C5C(C(C)C)CCC5(C)CCC43C)C2(C)CCC1=O. The standard InChI is InChI=1S/C28H44O/c1-17(2)19-11-13-26(4)15-16-28(6)22-8-7-20-18(3)24(29)12-14-27(20,5)21(22)9-10-23(28)25(19)26/h17,19,21-23,25H,7-16H2,1-6H3. The lowest BCUT2D eigenvalue weighted by molar-refractivity contribution is -0.148. The first-order valence-corrected chi connectivity index (χ1v) is 12.9. The fraction of sp³-hybridized carbons (Fsp3) is 0.893. The Morgan fingerprint density at radius 1 is 0.828 bits per heavy atom. The average molecular weight is 397 g/mol. The van der Waals surface area contributed by atoms with Crippen LogP contribution in [0.1, 0.15) is 106 Å². The van der Waals surface area contributed by atoms with Gasteiger partial charge in [-0.1, -0.05) is 40.2 Å². The number of hydrogen-bond acceptors (Lipinski definition) is 1. The highest BCUT2D eigenvalue weighted by Crippen LogP contribution is 2.72. The second-order valence-electron chi connectivity index (χ2n) is 13.0. The molecule has 0 aliphatic heterocycles. The lowest BCUT2D eigenvalue weighted by Crippen LogP contribution is -2.58. The summed E-state index contributed by atoms with van der Waals surface area (Å²) in [4.78, 5) is 12.4. The average Bonchev–Trinajstić information content (AvgIpc) is 3.03. The van der Waals surface area contributed by atoms with Crippen LogP contribution in [0.2, 0.25) is 0 Å². The third-order valence-electron chi connectivity index (χ3n) is 11.8. The third kappa shape index (κ3) is 2.61. The van der Waals surface area contributed by atoms with E-state index in [9.17, 15) is 4.79 Å². The number of carbonyl (C=O) groups is 1. The maximum absolute atomic E-state index is 12.4. The van der Waals surface area contributed by atoms with Gasteiger partial charge in [0.25, 0.3) is 0 Å². The van der Waals surface area contributed by atoms with E-state index in [1.165, 1.54) is 51.4 Å². The summed E-state index contributed by atoms with van der Waals surface area (Å²) < 4.78 is 0. The van der Waals surface area contributed by atoms with Crippen molar-refractivity contribution in [2.24, 2.45) is 51.8 Å². The molecule has 0 N–H and O–H groups in total. The molecule has 1 heteroatoms. The van der Waals surface area contributed by atoms with Crippen molar-refractivity contribution in [2.45, 2.75) is 106 Å². The largest absolute Gasteiger partial charge is 0.295 e. The first-order valence-electron chi connectivity index (χ1n) is 12.9. The van der Waals surface area contributed by atoms with E-state index in [-0.39, 0.29) is 0 Å². The number of Topliss-reactive ketones (excluding diaryl/α,β-unsaturated/α-hetero) is 1. The van der Waals surface area contributed by atoms with E-state index < -0.39 is 0 Å². The molecule has 4 fully saturated rings. The molecule has 8 atom stereocenters. The van der Waals surface area contributed by atoms with Crippen molar-refractivity contribution in [1.29, 1.82) is 0 Å². The predicted molar refractivity (Wildman–Crippen MR) is 120 cm³/mol. The minimum Gasteiger partial charge on any atom is -0.295 e. The zero-order chi connectivity index (χ0) is 20.8. The summed E-state index contributed by atoms with van der Waals surface area (Å²) in [5.41, 5.74) is 4.18. The summed E-state index contributed by atoms with van der Waals surface area (Å²) in [5, 5.41) is 0. The van der Waals surface area contributed by atoms with Crippen molar-refractivity contribution in [3.8, 4) is 0 Å². The second kappa shape index (κ2) is 6.46. The van der Waals surface area contributed by atoms with E-state index in [2.05, 4.69) is 41.5 Å². The molecule has 162 valence electrons. The Bertz CT molecular complexity index is 745. The quantitative estimate of drug-likeness (QED) is 0.446. The van der Waals surface area contributed by atoms with Gasteiger partial charge >= 0.3 is 0 Å². The molecule has 5 rings (SSSR count). The minimum atomic E-state index is 0.308. The number of rotatable bonds is 1. The topological polar surface area (TPSA) is 17.1 Å². The molecule has 5 aliphatic carbocycles. The zero-order valence-corrected chi connectivity index (χ0v) is 19.9. The summed E-state index contributed by atoms with van der Waals surface area (Å²) in [6, 6.07) is 0. The van der Waals surface area contributed by atoms with Gasteiger partial charge in [0.1, 0.15) is 0 Å². The monoisotopic (exact) mass is 396 g/mol. The van der Waals surface area contributed by atoms with Crippen LogP contribution in [-0.4, -0.2) is 5.78 Å². The molecule has 0 spiro atoms. The van der Waals surface area contributed by atoms with Gasteiger partial charge in [-0.2, -0.15) is 0 Å². The van der Waals surface area contributed by atoms with Crippen LogP contribution in [-0.2, 0) is 4.79 Å². The molecule has 0 aromatic rings. The molecule has 5 aliphatic rings. The lowest BCUT2D eigenvalue weighted by atomic mass is 9.39. The summed E-state index contributed by atoms with van der Waals surface area (Å²) in [7, 11) is 0. The number of ketones is 1. The number of fused-ring (bicyclic) bond motifs is 7. The molecular weight excluding hydrogens is 352 g/mol. The molecule has 8 unspecified atom stereocenters. The van der Waals surface area contributed by atoms with Crippen LogP contribution in [0.3, 0.4) is 0 Å². The van der Waals surface area contributed by atoms with Gasteiger partial charge in [0, 0.05) is 6.42 Å². The number of carbonyl (C=O) groups excluding carboxylic acids is 1. The first kappa shape index (κ1) is 20.3. The van der Waals surface area contributed by atoms with Gasteiger partial charge in [-0.15, -0.1) is 0 Å². The van der Waals surface area contributed by atoms with E-state index in [1.807, 2.05) is 0 Å². The molecule has 29 heavy (non-hydrogen) atoms. The van der Waals surface area contributed by atoms with Crippen molar-refractivity contribution in [3.63, 3.8) is 0 Å². The van der Waals surface area contributed by atoms with Crippen LogP contribution in [0, 0.1) is 51.8 Å². The Morgan fingerprint density at radius 2 is 1.55 bits per heavy atom. The fourth-order valence-electron chi connectivity index (χ4n) is 10.1. The Hall–Kier alpha value is -0.590. The van der Waals surface area contributed by atoms with Gasteiger partial charge in [-0.05, 0) is 122 Å². The van der Waals surface area contributed by atoms with Crippen LogP contribution in [0.25, 0.3) is 0 Å². The van der Waals surface area contributed by atoms with Gasteiger partial charge in [0.05, 0.1) is 0 Å². The van der Waals surface area contributed by atoms with Crippen LogP contribution in [0.5, 0.6) is 0 Å². The smallest absolute Gasteiger partial charge is 0.158 e. The molecule has 1 nitrogen and oxygen atoms in total. The van der Waals surface area contributed by atoms with Crippen molar-refractivity contribution in [3.05, 3.63) is 11.1 Å². The van der Waals surface area contributed by atoms with Gasteiger partial charge in [-0.25, -0.2) is 0 Å². The van der Waals surface area contributed by atoms with Gasteiger partial charge < -0.3 is 0 Å². The fourth-order valence-corrected chi connectivity index (χ4v) is 10.1. The molecule has 0 heterocycles. The van der Waals surface area contributed by atoms with Crippen LogP contribution >= 0.6 is 0 Å². The highest BCUT2D eigenvalue weighted by atomic mass is 16.1. The normalized spacial score (nSPS) is 52.1.